The minimum absolute atomic E-state index is 0.0880. The van der Waals surface area contributed by atoms with E-state index in [2.05, 4.69) is 15.3 Å². The van der Waals surface area contributed by atoms with Crippen molar-refractivity contribution in [2.45, 2.75) is 13.0 Å². The zero-order valence-electron chi connectivity index (χ0n) is 19.2. The second-order valence-electron chi connectivity index (χ2n) is 8.01. The van der Waals surface area contributed by atoms with Gasteiger partial charge in [0.15, 0.2) is 5.69 Å². The molecule has 2 heterocycles. The number of aromatic nitrogens is 2. The van der Waals surface area contributed by atoms with Crippen LogP contribution in [-0.4, -0.2) is 60.5 Å². The van der Waals surface area contributed by atoms with Gasteiger partial charge in [0.2, 0.25) is 5.43 Å². The van der Waals surface area contributed by atoms with E-state index in [0.29, 0.717) is 36.2 Å². The zero-order valence-corrected chi connectivity index (χ0v) is 19.9. The summed E-state index contributed by atoms with van der Waals surface area (Å²) < 4.78 is 12.3. The summed E-state index contributed by atoms with van der Waals surface area (Å²) in [5.41, 5.74) is 1.60. The van der Waals surface area contributed by atoms with Crippen LogP contribution < -0.4 is 15.5 Å². The number of hydrogen-bond acceptors (Lipinski definition) is 6. The molecule has 1 saturated heterocycles. The molecule has 8 nitrogen and oxygen atoms in total. The Morgan fingerprint density at radius 3 is 2.56 bits per heavy atom. The Balaban J connectivity index is 1.58. The van der Waals surface area contributed by atoms with Crippen molar-refractivity contribution in [1.82, 2.24) is 20.0 Å². The molecule has 9 heteroatoms. The minimum Gasteiger partial charge on any atom is -0.497 e. The van der Waals surface area contributed by atoms with Crippen molar-refractivity contribution >= 4 is 17.5 Å². The van der Waals surface area contributed by atoms with Crippen LogP contribution in [0, 0.1) is 6.92 Å². The van der Waals surface area contributed by atoms with Gasteiger partial charge in [0, 0.05) is 31.4 Å². The quantitative estimate of drug-likeness (QED) is 0.557. The molecule has 4 rings (SSSR count). The molecule has 0 saturated carbocycles. The third kappa shape index (κ3) is 5.30. The molecule has 1 atom stereocenters. The van der Waals surface area contributed by atoms with E-state index in [1.807, 2.05) is 36.4 Å². The summed E-state index contributed by atoms with van der Waals surface area (Å²) in [5.74, 6) is 0.232. The Bertz CT molecular complexity index is 1210. The Morgan fingerprint density at radius 2 is 1.88 bits per heavy atom. The molecule has 1 fully saturated rings. The van der Waals surface area contributed by atoms with Crippen LogP contribution in [-0.2, 0) is 4.74 Å². The van der Waals surface area contributed by atoms with E-state index in [0.717, 1.165) is 24.4 Å². The van der Waals surface area contributed by atoms with E-state index in [-0.39, 0.29) is 11.7 Å². The van der Waals surface area contributed by atoms with Crippen molar-refractivity contribution in [2.75, 3.05) is 40.0 Å². The van der Waals surface area contributed by atoms with Crippen LogP contribution >= 0.6 is 11.6 Å². The van der Waals surface area contributed by atoms with Gasteiger partial charge in [-0.3, -0.25) is 14.5 Å². The number of rotatable bonds is 7. The Hall–Kier alpha value is -3.20. The summed E-state index contributed by atoms with van der Waals surface area (Å²) in [5, 5.41) is 7.73. The van der Waals surface area contributed by atoms with Crippen LogP contribution in [0.5, 0.6) is 5.75 Å². The van der Waals surface area contributed by atoms with E-state index in [1.165, 1.54) is 10.7 Å². The molecule has 0 unspecified atom stereocenters. The molecule has 2 aromatic carbocycles. The maximum absolute atomic E-state index is 13.1. The van der Waals surface area contributed by atoms with Crippen molar-refractivity contribution in [2.24, 2.45) is 0 Å². The number of carbonyl (C=O) groups is 1. The van der Waals surface area contributed by atoms with Gasteiger partial charge in [0.1, 0.15) is 5.75 Å². The summed E-state index contributed by atoms with van der Waals surface area (Å²) in [6.45, 7) is 4.80. The molecule has 1 amide bonds. The molecule has 178 valence electrons. The molecule has 1 aliphatic heterocycles. The molecular formula is C25H27ClN4O4. The number of nitrogens with zero attached hydrogens (tertiary/aromatic N) is 3. The highest BCUT2D eigenvalue weighted by molar-refractivity contribution is 6.32. The number of hydrogen-bond donors (Lipinski definition) is 1. The summed E-state index contributed by atoms with van der Waals surface area (Å²) in [7, 11) is 1.62. The van der Waals surface area contributed by atoms with E-state index < -0.39 is 11.3 Å². The zero-order chi connectivity index (χ0) is 24.1. The molecule has 1 N–H and O–H groups in total. The topological polar surface area (TPSA) is 85.7 Å². The first-order valence-electron chi connectivity index (χ1n) is 11.1. The summed E-state index contributed by atoms with van der Waals surface area (Å²) in [4.78, 5) is 28.0. The lowest BCUT2D eigenvalue weighted by atomic mass is 10.0. The lowest BCUT2D eigenvalue weighted by Crippen LogP contribution is -2.44. The van der Waals surface area contributed by atoms with Crippen molar-refractivity contribution in [1.29, 1.82) is 0 Å². The fraction of sp³-hybridized carbons (Fsp3) is 0.320. The van der Waals surface area contributed by atoms with Gasteiger partial charge in [0.05, 0.1) is 37.1 Å². The number of halogens is 1. The highest BCUT2D eigenvalue weighted by atomic mass is 35.5. The molecule has 3 aromatic rings. The van der Waals surface area contributed by atoms with Crippen LogP contribution in [0.1, 0.15) is 27.8 Å². The van der Waals surface area contributed by atoms with E-state index in [4.69, 9.17) is 21.1 Å². The SMILES string of the molecule is COc1ccc([C@H](CNC(=O)c2nn(-c3ccccc3Cl)c(C)cc2=O)N2CCOCC2)cc1. The number of carbonyl (C=O) groups excluding carboxylic acids is 1. The standard InChI is InChI=1S/C25H27ClN4O4/c1-17-15-23(31)24(28-30(17)21-6-4-3-5-20(21)26)25(32)27-16-22(29-11-13-34-14-12-29)18-7-9-19(33-2)10-8-18/h3-10,15,22H,11-14,16H2,1-2H3,(H,27,32)/t22-/m0/s1. The summed E-state index contributed by atoms with van der Waals surface area (Å²) >= 11 is 6.32. The number of benzene rings is 2. The number of para-hydroxylation sites is 1. The first-order chi connectivity index (χ1) is 16.5. The predicted octanol–water partition coefficient (Wildman–Crippen LogP) is 3.01. The van der Waals surface area contributed by atoms with E-state index >= 15 is 0 Å². The Kier molecular flexibility index (Phi) is 7.62. The summed E-state index contributed by atoms with van der Waals surface area (Å²) in [6.07, 6.45) is 0. The molecule has 0 aliphatic carbocycles. The lowest BCUT2D eigenvalue weighted by molar-refractivity contribution is 0.0162. The predicted molar refractivity (Wildman–Crippen MR) is 130 cm³/mol. The van der Waals surface area contributed by atoms with Crippen molar-refractivity contribution in [3.63, 3.8) is 0 Å². The number of methoxy groups -OCH3 is 1. The Labute approximate surface area is 203 Å². The van der Waals surface area contributed by atoms with Crippen molar-refractivity contribution < 1.29 is 14.3 Å². The smallest absolute Gasteiger partial charge is 0.275 e. The van der Waals surface area contributed by atoms with Gasteiger partial charge in [-0.05, 0) is 36.8 Å². The maximum Gasteiger partial charge on any atom is 0.275 e. The number of ether oxygens (including phenoxy) is 2. The first-order valence-corrected chi connectivity index (χ1v) is 11.5. The van der Waals surface area contributed by atoms with Gasteiger partial charge in [-0.2, -0.15) is 5.10 Å². The number of aryl methyl sites for hydroxylation is 1. The van der Waals surface area contributed by atoms with Gasteiger partial charge >= 0.3 is 0 Å². The summed E-state index contributed by atoms with van der Waals surface area (Å²) in [6, 6.07) is 16.2. The maximum atomic E-state index is 13.1. The van der Waals surface area contributed by atoms with Gasteiger partial charge < -0.3 is 14.8 Å². The van der Waals surface area contributed by atoms with Crippen LogP contribution in [0.2, 0.25) is 5.02 Å². The molecule has 0 radical (unpaired) electrons. The number of nitrogens with one attached hydrogen (secondary N) is 1. The highest BCUT2D eigenvalue weighted by Gasteiger charge is 2.25. The highest BCUT2D eigenvalue weighted by Crippen LogP contribution is 2.24. The fourth-order valence-corrected chi connectivity index (χ4v) is 4.23. The van der Waals surface area contributed by atoms with Gasteiger partial charge in [0.25, 0.3) is 5.91 Å². The third-order valence-corrected chi connectivity index (χ3v) is 6.17. The van der Waals surface area contributed by atoms with Crippen LogP contribution in [0.15, 0.2) is 59.4 Å². The molecule has 0 spiro atoms. The van der Waals surface area contributed by atoms with Crippen LogP contribution in [0.3, 0.4) is 0 Å². The van der Waals surface area contributed by atoms with Crippen molar-refractivity contribution in [3.8, 4) is 11.4 Å². The fourth-order valence-electron chi connectivity index (χ4n) is 4.02. The molecule has 34 heavy (non-hydrogen) atoms. The molecular weight excluding hydrogens is 456 g/mol. The van der Waals surface area contributed by atoms with E-state index in [9.17, 15) is 9.59 Å². The van der Waals surface area contributed by atoms with Gasteiger partial charge in [-0.1, -0.05) is 35.9 Å². The monoisotopic (exact) mass is 482 g/mol. The van der Waals surface area contributed by atoms with Crippen LogP contribution in [0.4, 0.5) is 0 Å². The number of amides is 1. The Morgan fingerprint density at radius 1 is 1.18 bits per heavy atom. The lowest BCUT2D eigenvalue weighted by Gasteiger charge is -2.35. The first kappa shape index (κ1) is 23.9. The second-order valence-corrected chi connectivity index (χ2v) is 8.42. The second kappa shape index (κ2) is 10.8. The van der Waals surface area contributed by atoms with Gasteiger partial charge in [-0.15, -0.1) is 0 Å². The van der Waals surface area contributed by atoms with E-state index in [1.54, 1.807) is 26.2 Å². The molecule has 0 bridgehead atoms. The largest absolute Gasteiger partial charge is 0.497 e. The normalized spacial score (nSPS) is 15.0. The minimum atomic E-state index is -0.530. The number of morpholine rings is 1. The van der Waals surface area contributed by atoms with Gasteiger partial charge in [-0.25, -0.2) is 4.68 Å². The van der Waals surface area contributed by atoms with Crippen LogP contribution in [0.25, 0.3) is 5.69 Å². The third-order valence-electron chi connectivity index (χ3n) is 5.85. The molecule has 1 aliphatic rings. The molecule has 1 aromatic heterocycles. The average Bonchev–Trinajstić information content (AvgIpc) is 2.86. The average molecular weight is 483 g/mol. The van der Waals surface area contributed by atoms with Crippen molar-refractivity contribution in [3.05, 3.63) is 86.8 Å².